The van der Waals surface area contributed by atoms with Crippen molar-refractivity contribution in [2.45, 2.75) is 31.7 Å². The van der Waals surface area contributed by atoms with Crippen molar-refractivity contribution in [3.05, 3.63) is 29.6 Å². The molecule has 0 amide bonds. The molecule has 0 fully saturated rings. The lowest BCUT2D eigenvalue weighted by atomic mass is 10.2. The maximum absolute atomic E-state index is 13.2. The predicted molar refractivity (Wildman–Crippen MR) is 65.0 cm³/mol. The summed E-state index contributed by atoms with van der Waals surface area (Å²) in [5.74, 6) is -4.07. The number of benzene rings is 1. The molecule has 0 N–H and O–H groups in total. The van der Waals surface area contributed by atoms with Gasteiger partial charge in [-0.2, -0.15) is 8.78 Å². The Kier molecular flexibility index (Phi) is 3.71. The van der Waals surface area contributed by atoms with E-state index in [2.05, 4.69) is 4.98 Å². The summed E-state index contributed by atoms with van der Waals surface area (Å²) in [5, 5.41) is 0. The van der Waals surface area contributed by atoms with Gasteiger partial charge in [0.05, 0.1) is 23.5 Å². The number of alkyl halides is 5. The second kappa shape index (κ2) is 5.00. The smallest absolute Gasteiger partial charge is 0.321 e. The first-order valence-corrected chi connectivity index (χ1v) is 6.06. The second-order valence-corrected chi connectivity index (χ2v) is 4.57. The first-order chi connectivity index (χ1) is 8.85. The van der Waals surface area contributed by atoms with Crippen molar-refractivity contribution in [3.8, 4) is 0 Å². The zero-order valence-electron chi connectivity index (χ0n) is 10.0. The number of imidazole rings is 1. The molecule has 2 aromatic rings. The molecule has 0 saturated heterocycles. The van der Waals surface area contributed by atoms with Crippen LogP contribution in [-0.4, -0.2) is 21.9 Å². The second-order valence-electron chi connectivity index (χ2n) is 4.30. The number of nitrogens with zero attached hydrogens (tertiary/aromatic N) is 2. The Labute approximate surface area is 112 Å². The summed E-state index contributed by atoms with van der Waals surface area (Å²) in [4.78, 5) is 4.09. The molecule has 1 aromatic heterocycles. The molecular weight excluding hydrogens is 284 g/mol. The number of rotatable bonds is 4. The van der Waals surface area contributed by atoms with Crippen LogP contribution in [0.25, 0.3) is 11.0 Å². The van der Waals surface area contributed by atoms with Gasteiger partial charge in [0.15, 0.2) is 0 Å². The molecule has 1 heterocycles. The lowest BCUT2D eigenvalue weighted by Crippen LogP contribution is -2.32. The molecule has 0 bridgehead atoms. The Morgan fingerprint density at radius 3 is 2.63 bits per heavy atom. The minimum absolute atomic E-state index is 0.118. The van der Waals surface area contributed by atoms with Crippen LogP contribution in [0.15, 0.2) is 18.2 Å². The van der Waals surface area contributed by atoms with E-state index in [1.165, 1.54) is 0 Å². The number of hydrogen-bond donors (Lipinski definition) is 0. The van der Waals surface area contributed by atoms with Crippen molar-refractivity contribution in [2.24, 2.45) is 0 Å². The Bertz CT molecular complexity index is 595. The van der Waals surface area contributed by atoms with E-state index in [0.29, 0.717) is 11.0 Å². The molecule has 0 unspecified atom stereocenters. The fourth-order valence-electron chi connectivity index (χ4n) is 1.85. The van der Waals surface area contributed by atoms with Crippen LogP contribution in [0.1, 0.15) is 11.4 Å². The molecule has 7 heteroatoms. The summed E-state index contributed by atoms with van der Waals surface area (Å²) < 4.78 is 52.0. The van der Waals surface area contributed by atoms with Crippen LogP contribution in [0.5, 0.6) is 0 Å². The number of halogens is 5. The summed E-state index contributed by atoms with van der Waals surface area (Å²) in [6.45, 7) is 0.693. The van der Waals surface area contributed by atoms with Gasteiger partial charge in [0, 0.05) is 0 Å². The third-order valence-corrected chi connectivity index (χ3v) is 3.03. The van der Waals surface area contributed by atoms with E-state index in [-0.39, 0.29) is 11.7 Å². The van der Waals surface area contributed by atoms with E-state index in [1.807, 2.05) is 6.92 Å². The highest BCUT2D eigenvalue weighted by atomic mass is 35.5. The number of aryl methyl sites for hydroxylation is 1. The molecule has 0 spiro atoms. The highest BCUT2D eigenvalue weighted by Gasteiger charge is 2.41. The van der Waals surface area contributed by atoms with Gasteiger partial charge in [-0.1, -0.05) is 6.07 Å². The first kappa shape index (κ1) is 14.1. The average Bonchev–Trinajstić information content (AvgIpc) is 2.65. The van der Waals surface area contributed by atoms with Gasteiger partial charge >= 0.3 is 12.3 Å². The normalized spacial score (nSPS) is 12.6. The Hall–Kier alpha value is -1.30. The van der Waals surface area contributed by atoms with Crippen LogP contribution in [0.2, 0.25) is 0 Å². The van der Waals surface area contributed by atoms with Crippen molar-refractivity contribution in [1.29, 1.82) is 0 Å². The minimum Gasteiger partial charge on any atom is -0.321 e. The fourth-order valence-corrected chi connectivity index (χ4v) is 2.05. The van der Waals surface area contributed by atoms with E-state index in [0.717, 1.165) is 10.1 Å². The monoisotopic (exact) mass is 294 g/mol. The van der Waals surface area contributed by atoms with Crippen molar-refractivity contribution in [2.75, 3.05) is 0 Å². The van der Waals surface area contributed by atoms with E-state index in [1.54, 1.807) is 18.2 Å². The summed E-state index contributed by atoms with van der Waals surface area (Å²) in [7, 11) is 0. The maximum atomic E-state index is 13.2. The molecule has 104 valence electrons. The van der Waals surface area contributed by atoms with Gasteiger partial charge < -0.3 is 4.57 Å². The molecule has 0 aliphatic rings. The van der Waals surface area contributed by atoms with E-state index < -0.39 is 18.9 Å². The third-order valence-electron chi connectivity index (χ3n) is 2.79. The molecule has 0 aliphatic heterocycles. The van der Waals surface area contributed by atoms with Crippen LogP contribution >= 0.6 is 11.6 Å². The Morgan fingerprint density at radius 2 is 2.05 bits per heavy atom. The standard InChI is InChI=1S/C12H11ClF4N2/c1-7-2-3-9-8(4-7)18-10(5-13)19(9)6-12(16,17)11(14)15/h2-4,11H,5-6H2,1H3. The third kappa shape index (κ3) is 2.68. The van der Waals surface area contributed by atoms with Gasteiger partial charge in [0.1, 0.15) is 5.82 Å². The van der Waals surface area contributed by atoms with Crippen LogP contribution in [-0.2, 0) is 12.4 Å². The van der Waals surface area contributed by atoms with E-state index >= 15 is 0 Å². The van der Waals surface area contributed by atoms with Crippen molar-refractivity contribution < 1.29 is 17.6 Å². The Morgan fingerprint density at radius 1 is 1.37 bits per heavy atom. The van der Waals surface area contributed by atoms with Crippen LogP contribution in [0, 0.1) is 6.92 Å². The molecule has 0 radical (unpaired) electrons. The van der Waals surface area contributed by atoms with Gasteiger partial charge in [-0.05, 0) is 24.6 Å². The predicted octanol–water partition coefficient (Wildman–Crippen LogP) is 3.98. The first-order valence-electron chi connectivity index (χ1n) is 5.53. The summed E-state index contributed by atoms with van der Waals surface area (Å²) in [6.07, 6.45) is -3.72. The van der Waals surface area contributed by atoms with Crippen LogP contribution in [0.4, 0.5) is 17.6 Å². The zero-order valence-corrected chi connectivity index (χ0v) is 10.8. The molecular formula is C12H11ClF4N2. The molecule has 0 saturated carbocycles. The quantitative estimate of drug-likeness (QED) is 0.616. The molecule has 2 nitrogen and oxygen atoms in total. The summed E-state index contributed by atoms with van der Waals surface area (Å²) in [5.41, 5.74) is 1.75. The molecule has 1 aromatic carbocycles. The van der Waals surface area contributed by atoms with Crippen molar-refractivity contribution >= 4 is 22.6 Å². The van der Waals surface area contributed by atoms with Crippen LogP contribution in [0.3, 0.4) is 0 Å². The van der Waals surface area contributed by atoms with Gasteiger partial charge in [-0.25, -0.2) is 13.8 Å². The van der Waals surface area contributed by atoms with E-state index in [9.17, 15) is 17.6 Å². The maximum Gasteiger partial charge on any atom is 0.324 e. The van der Waals surface area contributed by atoms with Gasteiger partial charge in [0.2, 0.25) is 0 Å². The number of aromatic nitrogens is 2. The average molecular weight is 295 g/mol. The minimum atomic E-state index is -4.11. The number of hydrogen-bond acceptors (Lipinski definition) is 1. The summed E-state index contributed by atoms with van der Waals surface area (Å²) >= 11 is 5.64. The molecule has 19 heavy (non-hydrogen) atoms. The SMILES string of the molecule is Cc1ccc2c(c1)nc(CCl)n2CC(F)(F)C(F)F. The Balaban J connectivity index is 2.52. The fraction of sp³-hybridized carbons (Fsp3) is 0.417. The zero-order chi connectivity index (χ0) is 14.2. The lowest BCUT2D eigenvalue weighted by molar-refractivity contribution is -0.137. The lowest BCUT2D eigenvalue weighted by Gasteiger charge is -2.17. The van der Waals surface area contributed by atoms with Gasteiger partial charge in [-0.15, -0.1) is 11.6 Å². The number of fused-ring (bicyclic) bond motifs is 1. The van der Waals surface area contributed by atoms with Crippen molar-refractivity contribution in [1.82, 2.24) is 9.55 Å². The van der Waals surface area contributed by atoms with Gasteiger partial charge in [0.25, 0.3) is 0 Å². The molecule has 2 rings (SSSR count). The summed E-state index contributed by atoms with van der Waals surface area (Å²) in [6, 6.07) is 4.98. The molecule has 0 aliphatic carbocycles. The van der Waals surface area contributed by atoms with Crippen molar-refractivity contribution in [3.63, 3.8) is 0 Å². The van der Waals surface area contributed by atoms with Crippen LogP contribution < -0.4 is 0 Å². The molecule has 0 atom stereocenters. The highest BCUT2D eigenvalue weighted by molar-refractivity contribution is 6.16. The van der Waals surface area contributed by atoms with Gasteiger partial charge in [-0.3, -0.25) is 0 Å². The topological polar surface area (TPSA) is 17.8 Å². The highest BCUT2D eigenvalue weighted by Crippen LogP contribution is 2.28. The van der Waals surface area contributed by atoms with E-state index in [4.69, 9.17) is 11.6 Å². The largest absolute Gasteiger partial charge is 0.324 e.